The van der Waals surface area contributed by atoms with Gasteiger partial charge in [0, 0.05) is 37.4 Å². The number of aryl methyl sites for hydroxylation is 1. The van der Waals surface area contributed by atoms with E-state index in [9.17, 15) is 14.0 Å². The van der Waals surface area contributed by atoms with E-state index in [0.717, 1.165) is 48.7 Å². The normalized spacial score (nSPS) is 15.8. The van der Waals surface area contributed by atoms with Gasteiger partial charge in [0.2, 0.25) is 0 Å². The summed E-state index contributed by atoms with van der Waals surface area (Å²) in [6, 6.07) is 14.9. The van der Waals surface area contributed by atoms with Gasteiger partial charge in [-0.3, -0.25) is 14.5 Å². The van der Waals surface area contributed by atoms with Gasteiger partial charge in [0.1, 0.15) is 11.6 Å². The molecule has 1 atom stereocenters. The van der Waals surface area contributed by atoms with Crippen LogP contribution in [0.3, 0.4) is 0 Å². The first-order valence-corrected chi connectivity index (χ1v) is 17.9. The van der Waals surface area contributed by atoms with Crippen LogP contribution >= 0.6 is 0 Å². The van der Waals surface area contributed by atoms with E-state index in [1.54, 1.807) is 26.0 Å². The topological polar surface area (TPSA) is 72.1 Å². The van der Waals surface area contributed by atoms with E-state index in [2.05, 4.69) is 44.2 Å². The molecule has 0 heterocycles. The Hall–Kier alpha value is -2.83. The molecule has 3 rings (SSSR count). The van der Waals surface area contributed by atoms with Gasteiger partial charge in [-0.05, 0) is 87.0 Å². The molecule has 268 valence electrons. The molecule has 0 aromatic heterocycles. The molecule has 0 aliphatic heterocycles. The number of carbonyl (C=O) groups excluding carboxylic acids is 2. The number of rotatable bonds is 14. The molecule has 1 aliphatic rings. The molecule has 1 fully saturated rings. The van der Waals surface area contributed by atoms with Gasteiger partial charge in [-0.2, -0.15) is 0 Å². The fourth-order valence-electron chi connectivity index (χ4n) is 6.04. The van der Waals surface area contributed by atoms with Crippen molar-refractivity contribution in [2.75, 3.05) is 26.7 Å². The van der Waals surface area contributed by atoms with Crippen LogP contribution in [0.5, 0.6) is 0 Å². The van der Waals surface area contributed by atoms with Crippen LogP contribution in [-0.2, 0) is 11.2 Å². The van der Waals surface area contributed by atoms with Gasteiger partial charge in [-0.1, -0.05) is 111 Å². The molecule has 2 N–H and O–H groups in total. The van der Waals surface area contributed by atoms with Crippen molar-refractivity contribution in [2.45, 2.75) is 120 Å². The zero-order valence-electron chi connectivity index (χ0n) is 31.8. The zero-order valence-corrected chi connectivity index (χ0v) is 31.8. The lowest BCUT2D eigenvalue weighted by Gasteiger charge is -2.37. The van der Waals surface area contributed by atoms with Crippen LogP contribution in [0.25, 0.3) is 5.70 Å². The summed E-state index contributed by atoms with van der Waals surface area (Å²) in [4.78, 5) is 28.1. The molecule has 0 spiro atoms. The monoisotopic (exact) mass is 657 g/mol. The quantitative estimate of drug-likeness (QED) is 0.190. The van der Waals surface area contributed by atoms with Crippen LogP contribution in [0.15, 0.2) is 55.1 Å². The molecule has 0 saturated heterocycles. The fraction of sp³-hybridized carbons (Fsp3) is 0.610. The van der Waals surface area contributed by atoms with Crippen molar-refractivity contribution in [3.8, 4) is 0 Å². The molecular formula is C41H69FN2O3. The molecule has 2 aromatic rings. The summed E-state index contributed by atoms with van der Waals surface area (Å²) in [7, 11) is 2.13. The standard InChI is InChI=1S/C29H46N2O2.C8H9F.2C2H6.H2O/c1-8-29(31(18-21(2)3)19-22(4)32)17-25-9-11-26(12-10-25)20-30(7)23(5)27-13-15-28(16-14-27)24(6)33;1-2-7-3-5-8(9)6-4-7;2*1-2;/h13-16,21,25-26,29H,5,8-12,17-20H2,1-4,6-7H3;3-6H,2H2,1H3;2*1-2H3;1H2/t25?,26?,29-;;;;/m1..../s1. The first kappa shape index (κ1) is 46.3. The maximum absolute atomic E-state index is 12.2. The summed E-state index contributed by atoms with van der Waals surface area (Å²) in [6.07, 6.45) is 8.39. The molecule has 1 saturated carbocycles. The zero-order chi connectivity index (χ0) is 35.2. The Bertz CT molecular complexity index is 1110. The van der Waals surface area contributed by atoms with E-state index in [4.69, 9.17) is 0 Å². The molecule has 47 heavy (non-hydrogen) atoms. The molecule has 2 aromatic carbocycles. The number of Topliss-reactive ketones (excluding diaryl/α,β-unsaturated/α-hetero) is 2. The van der Waals surface area contributed by atoms with E-state index in [1.165, 1.54) is 49.8 Å². The summed E-state index contributed by atoms with van der Waals surface area (Å²) in [5, 5.41) is 0. The molecule has 0 amide bonds. The van der Waals surface area contributed by atoms with Crippen LogP contribution in [0.1, 0.15) is 129 Å². The minimum atomic E-state index is -0.160. The molecular weight excluding hydrogens is 587 g/mol. The minimum Gasteiger partial charge on any atom is -0.412 e. The third-order valence-corrected chi connectivity index (χ3v) is 8.52. The van der Waals surface area contributed by atoms with Gasteiger partial charge < -0.3 is 10.4 Å². The predicted molar refractivity (Wildman–Crippen MR) is 201 cm³/mol. The molecule has 0 unspecified atom stereocenters. The van der Waals surface area contributed by atoms with Gasteiger partial charge in [-0.25, -0.2) is 4.39 Å². The number of nitrogens with zero attached hydrogens (tertiary/aromatic N) is 2. The van der Waals surface area contributed by atoms with E-state index in [0.29, 0.717) is 24.4 Å². The van der Waals surface area contributed by atoms with Crippen LogP contribution in [-0.4, -0.2) is 59.6 Å². The Kier molecular flexibility index (Phi) is 25.8. The summed E-state index contributed by atoms with van der Waals surface area (Å²) < 4.78 is 12.2. The van der Waals surface area contributed by atoms with Crippen molar-refractivity contribution >= 4 is 17.3 Å². The number of ketones is 2. The molecule has 6 heteroatoms. The average molecular weight is 657 g/mol. The molecule has 1 aliphatic carbocycles. The van der Waals surface area contributed by atoms with Gasteiger partial charge in [0.15, 0.2) is 5.78 Å². The number of hydrogen-bond acceptors (Lipinski definition) is 4. The highest BCUT2D eigenvalue weighted by molar-refractivity contribution is 5.94. The van der Waals surface area contributed by atoms with E-state index >= 15 is 0 Å². The summed E-state index contributed by atoms with van der Waals surface area (Å²) in [5.74, 6) is 2.25. The first-order valence-electron chi connectivity index (χ1n) is 17.9. The lowest BCUT2D eigenvalue weighted by atomic mass is 9.78. The number of carbonyl (C=O) groups is 2. The Morgan fingerprint density at radius 3 is 1.77 bits per heavy atom. The van der Waals surface area contributed by atoms with Crippen molar-refractivity contribution in [3.05, 3.63) is 77.6 Å². The van der Waals surface area contributed by atoms with Crippen LogP contribution in [0.4, 0.5) is 4.39 Å². The lowest BCUT2D eigenvalue weighted by Crippen LogP contribution is -2.42. The van der Waals surface area contributed by atoms with Crippen LogP contribution in [0.2, 0.25) is 0 Å². The Labute approximate surface area is 288 Å². The Morgan fingerprint density at radius 1 is 0.851 bits per heavy atom. The van der Waals surface area contributed by atoms with Crippen molar-refractivity contribution in [2.24, 2.45) is 17.8 Å². The van der Waals surface area contributed by atoms with Gasteiger partial charge >= 0.3 is 0 Å². The fourth-order valence-corrected chi connectivity index (χ4v) is 6.04. The number of halogens is 1. The largest absolute Gasteiger partial charge is 0.412 e. The van der Waals surface area contributed by atoms with Gasteiger partial charge in [0.05, 0.1) is 6.54 Å². The summed E-state index contributed by atoms with van der Waals surface area (Å²) in [6.45, 7) is 27.1. The van der Waals surface area contributed by atoms with Crippen LogP contribution in [0, 0.1) is 23.6 Å². The highest BCUT2D eigenvalue weighted by atomic mass is 19.1. The molecule has 0 bridgehead atoms. The number of benzene rings is 2. The Morgan fingerprint density at radius 2 is 1.34 bits per heavy atom. The van der Waals surface area contributed by atoms with Crippen LogP contribution < -0.4 is 0 Å². The number of hydrogen-bond donors (Lipinski definition) is 0. The van der Waals surface area contributed by atoms with Crippen molar-refractivity contribution in [3.63, 3.8) is 0 Å². The minimum absolute atomic E-state index is 0. The Balaban J connectivity index is 0. The summed E-state index contributed by atoms with van der Waals surface area (Å²) >= 11 is 0. The second-order valence-corrected chi connectivity index (χ2v) is 12.7. The third-order valence-electron chi connectivity index (χ3n) is 8.52. The van der Waals surface area contributed by atoms with E-state index in [-0.39, 0.29) is 22.9 Å². The van der Waals surface area contributed by atoms with Gasteiger partial charge in [0.25, 0.3) is 0 Å². The highest BCUT2D eigenvalue weighted by Crippen LogP contribution is 2.34. The molecule has 5 nitrogen and oxygen atoms in total. The second kappa shape index (κ2) is 26.2. The van der Waals surface area contributed by atoms with Crippen molar-refractivity contribution < 1.29 is 19.5 Å². The first-order chi connectivity index (χ1) is 21.9. The molecule has 0 radical (unpaired) electrons. The van der Waals surface area contributed by atoms with E-state index < -0.39 is 0 Å². The summed E-state index contributed by atoms with van der Waals surface area (Å²) in [5.41, 5.74) is 4.02. The maximum Gasteiger partial charge on any atom is 0.159 e. The average Bonchev–Trinajstić information content (AvgIpc) is 3.06. The van der Waals surface area contributed by atoms with Crippen molar-refractivity contribution in [1.82, 2.24) is 9.80 Å². The lowest BCUT2D eigenvalue weighted by molar-refractivity contribution is -0.119. The third kappa shape index (κ3) is 18.3. The predicted octanol–water partition coefficient (Wildman–Crippen LogP) is 9.93. The highest BCUT2D eigenvalue weighted by Gasteiger charge is 2.27. The maximum atomic E-state index is 12.2. The second-order valence-electron chi connectivity index (χ2n) is 12.7. The van der Waals surface area contributed by atoms with Gasteiger partial charge in [-0.15, -0.1) is 0 Å². The SMILES string of the molecule is C=C(c1ccc(C(C)=O)cc1)N(C)CC1CCC(C[C@@H](CC)N(CC(C)=O)CC(C)C)CC1.CC.CC.CCc1ccc(F)cc1.O. The van der Waals surface area contributed by atoms with E-state index in [1.807, 2.05) is 58.9 Å². The van der Waals surface area contributed by atoms with Crippen molar-refractivity contribution in [1.29, 1.82) is 0 Å². The smallest absolute Gasteiger partial charge is 0.159 e.